The standard InChI is InChI=1S/C11H11N3O4S/c1-3-17-10(16)9-13-7(5-19-9)8(15)14-11-12-6(2)4-18-11/h4-5H,3H2,1-2H3,(H,12,14,15). The molecule has 2 aromatic rings. The second-order valence-electron chi connectivity index (χ2n) is 3.51. The number of oxazole rings is 1. The molecular weight excluding hydrogens is 270 g/mol. The predicted octanol–water partition coefficient (Wildman–Crippen LogP) is 1.87. The van der Waals surface area contributed by atoms with Gasteiger partial charge in [-0.2, -0.15) is 4.98 Å². The normalized spacial score (nSPS) is 10.2. The Morgan fingerprint density at radius 3 is 2.89 bits per heavy atom. The number of aryl methyl sites for hydroxylation is 1. The SMILES string of the molecule is CCOC(=O)c1nc(C(=O)Nc2nc(C)co2)cs1. The molecule has 0 bridgehead atoms. The van der Waals surface area contributed by atoms with Gasteiger partial charge in [0.15, 0.2) is 0 Å². The van der Waals surface area contributed by atoms with Crippen molar-refractivity contribution in [2.45, 2.75) is 13.8 Å². The van der Waals surface area contributed by atoms with Crippen LogP contribution in [0.15, 0.2) is 16.1 Å². The van der Waals surface area contributed by atoms with E-state index < -0.39 is 11.9 Å². The largest absolute Gasteiger partial charge is 0.461 e. The topological polar surface area (TPSA) is 94.3 Å². The Morgan fingerprint density at radius 1 is 1.47 bits per heavy atom. The number of ether oxygens (including phenoxy) is 1. The van der Waals surface area contributed by atoms with Gasteiger partial charge in [-0.05, 0) is 13.8 Å². The molecule has 1 amide bonds. The quantitative estimate of drug-likeness (QED) is 0.860. The van der Waals surface area contributed by atoms with E-state index in [0.717, 1.165) is 11.3 Å². The molecule has 0 fully saturated rings. The molecule has 0 saturated carbocycles. The summed E-state index contributed by atoms with van der Waals surface area (Å²) in [7, 11) is 0. The van der Waals surface area contributed by atoms with Crippen LogP contribution in [-0.4, -0.2) is 28.5 Å². The van der Waals surface area contributed by atoms with E-state index in [1.165, 1.54) is 11.6 Å². The van der Waals surface area contributed by atoms with Gasteiger partial charge in [-0.15, -0.1) is 11.3 Å². The molecule has 2 rings (SSSR count). The van der Waals surface area contributed by atoms with Crippen molar-refractivity contribution in [1.82, 2.24) is 9.97 Å². The number of amides is 1. The van der Waals surface area contributed by atoms with Crippen molar-refractivity contribution in [1.29, 1.82) is 0 Å². The fourth-order valence-electron chi connectivity index (χ4n) is 1.24. The number of carbonyl (C=O) groups excluding carboxylic acids is 2. The lowest BCUT2D eigenvalue weighted by Crippen LogP contribution is -2.13. The number of hydrogen-bond donors (Lipinski definition) is 1. The van der Waals surface area contributed by atoms with Crippen LogP contribution < -0.4 is 5.32 Å². The molecule has 0 radical (unpaired) electrons. The summed E-state index contributed by atoms with van der Waals surface area (Å²) in [6.07, 6.45) is 1.42. The van der Waals surface area contributed by atoms with Gasteiger partial charge < -0.3 is 9.15 Å². The number of nitrogens with one attached hydrogen (secondary N) is 1. The van der Waals surface area contributed by atoms with Crippen molar-refractivity contribution >= 4 is 29.2 Å². The van der Waals surface area contributed by atoms with Crippen molar-refractivity contribution in [3.8, 4) is 0 Å². The zero-order chi connectivity index (χ0) is 13.8. The molecule has 0 aromatic carbocycles. The molecule has 19 heavy (non-hydrogen) atoms. The average Bonchev–Trinajstić information content (AvgIpc) is 2.98. The molecule has 0 aliphatic rings. The number of hydrogen-bond acceptors (Lipinski definition) is 7. The first kappa shape index (κ1) is 13.2. The molecule has 0 spiro atoms. The van der Waals surface area contributed by atoms with E-state index in [9.17, 15) is 9.59 Å². The maximum Gasteiger partial charge on any atom is 0.367 e. The molecule has 0 unspecified atom stereocenters. The molecular formula is C11H11N3O4S. The Kier molecular flexibility index (Phi) is 3.91. The van der Waals surface area contributed by atoms with E-state index in [4.69, 9.17) is 9.15 Å². The van der Waals surface area contributed by atoms with Crippen molar-refractivity contribution in [3.63, 3.8) is 0 Å². The maximum atomic E-state index is 11.8. The van der Waals surface area contributed by atoms with Gasteiger partial charge in [0.25, 0.3) is 5.91 Å². The number of anilines is 1. The number of carbonyl (C=O) groups is 2. The fraction of sp³-hybridized carbons (Fsp3) is 0.273. The summed E-state index contributed by atoms with van der Waals surface area (Å²) < 4.78 is 9.78. The molecule has 2 heterocycles. The lowest BCUT2D eigenvalue weighted by atomic mass is 10.4. The number of thiazole rings is 1. The van der Waals surface area contributed by atoms with Crippen LogP contribution in [0.3, 0.4) is 0 Å². The van der Waals surface area contributed by atoms with Crippen LogP contribution in [0.1, 0.15) is 32.9 Å². The van der Waals surface area contributed by atoms with Crippen LogP contribution in [0.5, 0.6) is 0 Å². The third kappa shape index (κ3) is 3.16. The van der Waals surface area contributed by atoms with Gasteiger partial charge in [-0.3, -0.25) is 10.1 Å². The van der Waals surface area contributed by atoms with Gasteiger partial charge in [-0.1, -0.05) is 0 Å². The predicted molar refractivity (Wildman–Crippen MR) is 67.3 cm³/mol. The summed E-state index contributed by atoms with van der Waals surface area (Å²) >= 11 is 1.04. The van der Waals surface area contributed by atoms with Crippen LogP contribution in [0.4, 0.5) is 6.01 Å². The monoisotopic (exact) mass is 281 g/mol. The van der Waals surface area contributed by atoms with E-state index in [1.54, 1.807) is 13.8 Å². The summed E-state index contributed by atoms with van der Waals surface area (Å²) in [5.74, 6) is -1.04. The molecule has 2 aromatic heterocycles. The summed E-state index contributed by atoms with van der Waals surface area (Å²) in [6.45, 7) is 3.69. The van der Waals surface area contributed by atoms with E-state index in [0.29, 0.717) is 5.69 Å². The first-order chi connectivity index (χ1) is 9.10. The smallest absolute Gasteiger partial charge is 0.367 e. The summed E-state index contributed by atoms with van der Waals surface area (Å²) in [5, 5.41) is 4.04. The number of rotatable bonds is 4. The molecule has 0 saturated heterocycles. The van der Waals surface area contributed by atoms with Crippen LogP contribution in [0, 0.1) is 6.92 Å². The van der Waals surface area contributed by atoms with Crippen LogP contribution in [0.25, 0.3) is 0 Å². The Balaban J connectivity index is 2.06. The zero-order valence-electron chi connectivity index (χ0n) is 10.3. The van der Waals surface area contributed by atoms with Gasteiger partial charge in [0.1, 0.15) is 12.0 Å². The lowest BCUT2D eigenvalue weighted by Gasteiger charge is -1.97. The second-order valence-corrected chi connectivity index (χ2v) is 4.36. The third-order valence-corrected chi connectivity index (χ3v) is 2.85. The third-order valence-electron chi connectivity index (χ3n) is 2.03. The molecule has 100 valence electrons. The highest BCUT2D eigenvalue weighted by atomic mass is 32.1. The summed E-state index contributed by atoms with van der Waals surface area (Å²) in [5.41, 5.74) is 0.768. The minimum Gasteiger partial charge on any atom is -0.461 e. The molecule has 0 atom stereocenters. The van der Waals surface area contributed by atoms with E-state index in [-0.39, 0.29) is 23.3 Å². The average molecular weight is 281 g/mol. The highest BCUT2D eigenvalue weighted by molar-refractivity contribution is 7.11. The van der Waals surface area contributed by atoms with Crippen molar-refractivity contribution in [2.75, 3.05) is 11.9 Å². The van der Waals surface area contributed by atoms with E-state index in [2.05, 4.69) is 15.3 Å². The lowest BCUT2D eigenvalue weighted by molar-refractivity contribution is 0.0526. The van der Waals surface area contributed by atoms with Gasteiger partial charge in [0.2, 0.25) is 5.01 Å². The first-order valence-corrected chi connectivity index (χ1v) is 6.34. The van der Waals surface area contributed by atoms with Gasteiger partial charge >= 0.3 is 12.0 Å². The zero-order valence-corrected chi connectivity index (χ0v) is 11.1. The van der Waals surface area contributed by atoms with E-state index >= 15 is 0 Å². The van der Waals surface area contributed by atoms with Gasteiger partial charge in [-0.25, -0.2) is 9.78 Å². The summed E-state index contributed by atoms with van der Waals surface area (Å²) in [6, 6.07) is 0.0909. The van der Waals surface area contributed by atoms with Crippen LogP contribution >= 0.6 is 11.3 Å². The Labute approximate surface area is 112 Å². The summed E-state index contributed by atoms with van der Waals surface area (Å²) in [4.78, 5) is 31.0. The first-order valence-electron chi connectivity index (χ1n) is 5.46. The van der Waals surface area contributed by atoms with Crippen LogP contribution in [0.2, 0.25) is 0 Å². The van der Waals surface area contributed by atoms with Crippen LogP contribution in [-0.2, 0) is 4.74 Å². The molecule has 7 nitrogen and oxygen atoms in total. The molecule has 0 aliphatic carbocycles. The minimum atomic E-state index is -0.543. The Hall–Kier alpha value is -2.22. The highest BCUT2D eigenvalue weighted by Crippen LogP contribution is 2.13. The van der Waals surface area contributed by atoms with E-state index in [1.807, 2.05) is 0 Å². The van der Waals surface area contributed by atoms with Crippen molar-refractivity contribution < 1.29 is 18.7 Å². The minimum absolute atomic E-state index is 0.0909. The Bertz CT molecular complexity index is 605. The Morgan fingerprint density at radius 2 is 2.26 bits per heavy atom. The van der Waals surface area contributed by atoms with Gasteiger partial charge in [0, 0.05) is 5.38 Å². The van der Waals surface area contributed by atoms with Gasteiger partial charge in [0.05, 0.1) is 12.3 Å². The number of nitrogens with zero attached hydrogens (tertiary/aromatic N) is 2. The van der Waals surface area contributed by atoms with Crippen molar-refractivity contribution in [3.05, 3.63) is 28.0 Å². The second kappa shape index (κ2) is 5.61. The molecule has 8 heteroatoms. The maximum absolute atomic E-state index is 11.8. The van der Waals surface area contributed by atoms with Crippen molar-refractivity contribution in [2.24, 2.45) is 0 Å². The number of esters is 1. The fourth-order valence-corrected chi connectivity index (χ4v) is 1.93. The highest BCUT2D eigenvalue weighted by Gasteiger charge is 2.17. The molecule has 0 aliphatic heterocycles. The molecule has 1 N–H and O–H groups in total. The number of aromatic nitrogens is 2.